The van der Waals surface area contributed by atoms with Crippen molar-refractivity contribution >= 4 is 12.2 Å². The SMILES string of the molecule is CC(C)C(C/C=C/c1ccccc1)(N=C=O)c1ccccc1. The van der Waals surface area contributed by atoms with Crippen molar-refractivity contribution in [1.29, 1.82) is 0 Å². The number of carbonyl (C=O) groups excluding carboxylic acids is 1. The molecular formula is C20H21NO. The zero-order chi connectivity index (χ0) is 15.8. The third-order valence-electron chi connectivity index (χ3n) is 4.01. The fraction of sp³-hybridized carbons (Fsp3) is 0.250. The Labute approximate surface area is 132 Å². The molecule has 0 N–H and O–H groups in total. The third kappa shape index (κ3) is 3.60. The topological polar surface area (TPSA) is 29.4 Å². The van der Waals surface area contributed by atoms with E-state index in [2.05, 4.69) is 43.1 Å². The largest absolute Gasteiger partial charge is 0.235 e. The molecule has 2 nitrogen and oxygen atoms in total. The summed E-state index contributed by atoms with van der Waals surface area (Å²) in [6.07, 6.45) is 6.60. The normalized spacial score (nSPS) is 13.8. The van der Waals surface area contributed by atoms with E-state index in [1.165, 1.54) is 0 Å². The first-order valence-electron chi connectivity index (χ1n) is 7.55. The number of rotatable bonds is 6. The summed E-state index contributed by atoms with van der Waals surface area (Å²) >= 11 is 0. The molecule has 0 saturated carbocycles. The van der Waals surface area contributed by atoms with Gasteiger partial charge in [0.15, 0.2) is 0 Å². The fourth-order valence-electron chi connectivity index (χ4n) is 2.67. The lowest BCUT2D eigenvalue weighted by Crippen LogP contribution is -2.29. The highest BCUT2D eigenvalue weighted by Crippen LogP contribution is 2.37. The Bertz CT molecular complexity index is 655. The van der Waals surface area contributed by atoms with Crippen molar-refractivity contribution in [1.82, 2.24) is 0 Å². The van der Waals surface area contributed by atoms with Crippen molar-refractivity contribution in [2.24, 2.45) is 10.9 Å². The molecule has 0 aliphatic carbocycles. The van der Waals surface area contributed by atoms with Crippen LogP contribution in [0.1, 0.15) is 31.4 Å². The summed E-state index contributed by atoms with van der Waals surface area (Å²) in [7, 11) is 0. The van der Waals surface area contributed by atoms with Crippen LogP contribution in [0.4, 0.5) is 0 Å². The van der Waals surface area contributed by atoms with E-state index >= 15 is 0 Å². The quantitative estimate of drug-likeness (QED) is 0.545. The first-order chi connectivity index (χ1) is 10.7. The van der Waals surface area contributed by atoms with Crippen LogP contribution in [0.15, 0.2) is 71.7 Å². The average molecular weight is 291 g/mol. The van der Waals surface area contributed by atoms with Crippen molar-refractivity contribution in [2.75, 3.05) is 0 Å². The third-order valence-corrected chi connectivity index (χ3v) is 4.01. The molecule has 2 aromatic rings. The average Bonchev–Trinajstić information content (AvgIpc) is 2.55. The van der Waals surface area contributed by atoms with Crippen LogP contribution in [0.5, 0.6) is 0 Å². The molecule has 0 aliphatic heterocycles. The molecule has 0 aliphatic rings. The summed E-state index contributed by atoms with van der Waals surface area (Å²) < 4.78 is 0. The van der Waals surface area contributed by atoms with Crippen LogP contribution in [0, 0.1) is 5.92 Å². The molecule has 1 atom stereocenters. The Morgan fingerprint density at radius 3 is 2.18 bits per heavy atom. The van der Waals surface area contributed by atoms with Crippen LogP contribution in [0.3, 0.4) is 0 Å². The minimum Gasteiger partial charge on any atom is -0.211 e. The number of benzene rings is 2. The van der Waals surface area contributed by atoms with Crippen LogP contribution in [-0.2, 0) is 10.3 Å². The number of aliphatic imine (C=N–C) groups is 1. The summed E-state index contributed by atoms with van der Waals surface area (Å²) in [5.41, 5.74) is 1.63. The predicted octanol–water partition coefficient (Wildman–Crippen LogP) is 4.98. The summed E-state index contributed by atoms with van der Waals surface area (Å²) in [6.45, 7) is 4.17. The van der Waals surface area contributed by atoms with Gasteiger partial charge in [-0.1, -0.05) is 86.7 Å². The number of isocyanates is 1. The summed E-state index contributed by atoms with van der Waals surface area (Å²) in [5.74, 6) is 0.191. The van der Waals surface area contributed by atoms with Gasteiger partial charge in [-0.15, -0.1) is 0 Å². The van der Waals surface area contributed by atoms with E-state index in [-0.39, 0.29) is 5.92 Å². The molecule has 0 amide bonds. The second-order valence-corrected chi connectivity index (χ2v) is 5.67. The van der Waals surface area contributed by atoms with E-state index in [4.69, 9.17) is 0 Å². The maximum Gasteiger partial charge on any atom is 0.235 e. The lowest BCUT2D eigenvalue weighted by atomic mass is 9.77. The van der Waals surface area contributed by atoms with Crippen molar-refractivity contribution in [3.8, 4) is 0 Å². The minimum absolute atomic E-state index is 0.191. The van der Waals surface area contributed by atoms with Gasteiger partial charge in [-0.05, 0) is 23.5 Å². The molecule has 0 aromatic heterocycles. The number of hydrogen-bond donors (Lipinski definition) is 0. The molecule has 0 spiro atoms. The van der Waals surface area contributed by atoms with Gasteiger partial charge in [0, 0.05) is 0 Å². The Hall–Kier alpha value is -2.44. The second-order valence-electron chi connectivity index (χ2n) is 5.67. The molecule has 0 bridgehead atoms. The molecule has 0 radical (unpaired) electrons. The van der Waals surface area contributed by atoms with Gasteiger partial charge in [0.05, 0.1) is 0 Å². The molecule has 2 heteroatoms. The first kappa shape index (κ1) is 15.9. The monoisotopic (exact) mass is 291 g/mol. The van der Waals surface area contributed by atoms with Crippen molar-refractivity contribution in [2.45, 2.75) is 25.8 Å². The predicted molar refractivity (Wildman–Crippen MR) is 91.2 cm³/mol. The molecule has 0 heterocycles. The maximum atomic E-state index is 11.0. The van der Waals surface area contributed by atoms with Crippen molar-refractivity contribution in [3.05, 3.63) is 77.9 Å². The Morgan fingerprint density at radius 2 is 1.64 bits per heavy atom. The van der Waals surface area contributed by atoms with E-state index < -0.39 is 5.54 Å². The van der Waals surface area contributed by atoms with Gasteiger partial charge >= 0.3 is 0 Å². The molecular weight excluding hydrogens is 270 g/mol. The standard InChI is InChI=1S/C20H21NO/c1-17(2)20(21-16-22,19-13-7-4-8-14-19)15-9-12-18-10-5-3-6-11-18/h3-14,17H,15H2,1-2H3/b12-9+. The minimum atomic E-state index is -0.561. The van der Waals surface area contributed by atoms with Gasteiger partial charge < -0.3 is 0 Å². The van der Waals surface area contributed by atoms with Gasteiger partial charge in [0.2, 0.25) is 6.08 Å². The molecule has 0 fully saturated rings. The van der Waals surface area contributed by atoms with Crippen LogP contribution in [-0.4, -0.2) is 6.08 Å². The lowest BCUT2D eigenvalue weighted by molar-refractivity contribution is 0.322. The fourth-order valence-corrected chi connectivity index (χ4v) is 2.67. The van der Waals surface area contributed by atoms with Crippen LogP contribution in [0.25, 0.3) is 6.08 Å². The molecule has 2 rings (SSSR count). The Kier molecular flexibility index (Phi) is 5.46. The number of nitrogens with zero attached hydrogens (tertiary/aromatic N) is 1. The van der Waals surface area contributed by atoms with Crippen molar-refractivity contribution in [3.63, 3.8) is 0 Å². The zero-order valence-corrected chi connectivity index (χ0v) is 13.1. The van der Waals surface area contributed by atoms with Crippen LogP contribution < -0.4 is 0 Å². The van der Waals surface area contributed by atoms with E-state index in [0.717, 1.165) is 11.1 Å². The summed E-state index contributed by atoms with van der Waals surface area (Å²) in [4.78, 5) is 15.2. The highest BCUT2D eigenvalue weighted by molar-refractivity contribution is 5.49. The summed E-state index contributed by atoms with van der Waals surface area (Å²) in [6, 6.07) is 20.1. The molecule has 22 heavy (non-hydrogen) atoms. The highest BCUT2D eigenvalue weighted by Gasteiger charge is 2.34. The maximum absolute atomic E-state index is 11.0. The summed E-state index contributed by atoms with van der Waals surface area (Å²) in [5, 5.41) is 0. The second kappa shape index (κ2) is 7.53. The van der Waals surface area contributed by atoms with Gasteiger partial charge in [-0.3, -0.25) is 0 Å². The number of hydrogen-bond acceptors (Lipinski definition) is 2. The molecule has 2 aromatic carbocycles. The first-order valence-corrected chi connectivity index (χ1v) is 7.55. The molecule has 0 saturated heterocycles. The molecule has 1 unspecified atom stereocenters. The smallest absolute Gasteiger partial charge is 0.211 e. The van der Waals surface area contributed by atoms with Gasteiger partial charge in [-0.25, -0.2) is 4.79 Å². The van der Waals surface area contributed by atoms with Gasteiger partial charge in [-0.2, -0.15) is 4.99 Å². The highest BCUT2D eigenvalue weighted by atomic mass is 16.1. The van der Waals surface area contributed by atoms with E-state index in [0.29, 0.717) is 6.42 Å². The van der Waals surface area contributed by atoms with Crippen LogP contribution in [0.2, 0.25) is 0 Å². The molecule has 112 valence electrons. The Morgan fingerprint density at radius 1 is 1.05 bits per heavy atom. The van der Waals surface area contributed by atoms with Crippen molar-refractivity contribution < 1.29 is 4.79 Å². The van der Waals surface area contributed by atoms with Gasteiger partial charge in [0.1, 0.15) is 5.54 Å². The lowest BCUT2D eigenvalue weighted by Gasteiger charge is -2.32. The zero-order valence-electron chi connectivity index (χ0n) is 13.1. The van der Waals surface area contributed by atoms with E-state index in [9.17, 15) is 4.79 Å². The van der Waals surface area contributed by atoms with E-state index in [1.807, 2.05) is 48.5 Å². The van der Waals surface area contributed by atoms with Gasteiger partial charge in [0.25, 0.3) is 0 Å². The Balaban J connectivity index is 2.33. The van der Waals surface area contributed by atoms with E-state index in [1.54, 1.807) is 6.08 Å². The van der Waals surface area contributed by atoms with Crippen LogP contribution >= 0.6 is 0 Å².